The monoisotopic (exact) mass is 360 g/mol. The molecule has 0 unspecified atom stereocenters. The number of methoxy groups -OCH3 is 1. The maximum atomic E-state index is 5.97. The minimum atomic E-state index is 0.487. The van der Waals surface area contributed by atoms with E-state index in [2.05, 4.69) is 27.8 Å². The lowest BCUT2D eigenvalue weighted by molar-refractivity contribution is 0.307. The van der Waals surface area contributed by atoms with Gasteiger partial charge in [0.25, 0.3) is 0 Å². The number of imidazole rings is 1. The zero-order valence-electron chi connectivity index (χ0n) is 12.8. The SMILES string of the molecule is COc1ccc(COc2cc(Br)cn3c(C)c(C)nc23)cc1. The van der Waals surface area contributed by atoms with E-state index in [1.807, 2.05) is 47.9 Å². The molecule has 22 heavy (non-hydrogen) atoms. The van der Waals surface area contributed by atoms with E-state index in [1.54, 1.807) is 7.11 Å². The quantitative estimate of drug-likeness (QED) is 0.695. The van der Waals surface area contributed by atoms with Crippen LogP contribution in [-0.2, 0) is 6.61 Å². The van der Waals surface area contributed by atoms with E-state index in [0.717, 1.165) is 38.6 Å². The Bertz CT molecular complexity index is 810. The lowest BCUT2D eigenvalue weighted by Crippen LogP contribution is -1.98. The summed E-state index contributed by atoms with van der Waals surface area (Å²) in [6, 6.07) is 9.80. The Kier molecular flexibility index (Phi) is 4.07. The van der Waals surface area contributed by atoms with Gasteiger partial charge in [-0.05, 0) is 53.5 Å². The van der Waals surface area contributed by atoms with Gasteiger partial charge in [-0.2, -0.15) is 0 Å². The number of rotatable bonds is 4. The van der Waals surface area contributed by atoms with Crippen LogP contribution in [0.1, 0.15) is 17.0 Å². The molecule has 3 rings (SSSR count). The fourth-order valence-electron chi connectivity index (χ4n) is 2.30. The van der Waals surface area contributed by atoms with Crippen LogP contribution in [0, 0.1) is 13.8 Å². The molecule has 0 saturated heterocycles. The Balaban J connectivity index is 1.88. The van der Waals surface area contributed by atoms with Gasteiger partial charge in [0.2, 0.25) is 0 Å². The van der Waals surface area contributed by atoms with Crippen molar-refractivity contribution in [1.82, 2.24) is 9.38 Å². The number of aromatic nitrogens is 2. The third kappa shape index (κ3) is 2.81. The molecule has 0 radical (unpaired) electrons. The van der Waals surface area contributed by atoms with Crippen molar-refractivity contribution in [2.75, 3.05) is 7.11 Å². The number of nitrogens with zero attached hydrogens (tertiary/aromatic N) is 2. The average molecular weight is 361 g/mol. The van der Waals surface area contributed by atoms with Crippen molar-refractivity contribution in [2.24, 2.45) is 0 Å². The van der Waals surface area contributed by atoms with E-state index in [1.165, 1.54) is 0 Å². The summed E-state index contributed by atoms with van der Waals surface area (Å²) in [6.07, 6.45) is 2.00. The Labute approximate surface area is 137 Å². The highest BCUT2D eigenvalue weighted by atomic mass is 79.9. The predicted molar refractivity (Wildman–Crippen MR) is 89.7 cm³/mol. The highest BCUT2D eigenvalue weighted by Crippen LogP contribution is 2.27. The normalized spacial score (nSPS) is 10.9. The highest BCUT2D eigenvalue weighted by molar-refractivity contribution is 9.10. The van der Waals surface area contributed by atoms with Crippen LogP contribution < -0.4 is 9.47 Å². The number of hydrogen-bond donors (Lipinski definition) is 0. The second-order valence-corrected chi connectivity index (χ2v) is 6.05. The van der Waals surface area contributed by atoms with Gasteiger partial charge in [-0.3, -0.25) is 4.40 Å². The van der Waals surface area contributed by atoms with Crippen molar-refractivity contribution in [1.29, 1.82) is 0 Å². The molecular weight excluding hydrogens is 344 g/mol. The number of aryl methyl sites for hydroxylation is 2. The van der Waals surface area contributed by atoms with Gasteiger partial charge in [0, 0.05) is 16.4 Å². The number of pyridine rings is 1. The van der Waals surface area contributed by atoms with Crippen molar-refractivity contribution in [3.05, 3.63) is 58.0 Å². The summed E-state index contributed by atoms with van der Waals surface area (Å²) in [5.41, 5.74) is 4.05. The van der Waals surface area contributed by atoms with Gasteiger partial charge in [0.05, 0.1) is 12.8 Å². The number of ether oxygens (including phenoxy) is 2. The van der Waals surface area contributed by atoms with Crippen LogP contribution in [0.2, 0.25) is 0 Å². The maximum absolute atomic E-state index is 5.97. The molecule has 0 amide bonds. The molecule has 1 aromatic carbocycles. The standard InChI is InChI=1S/C17H17BrN2O2/c1-11-12(2)20-9-14(18)8-16(17(20)19-11)22-10-13-4-6-15(21-3)7-5-13/h4-9H,10H2,1-3H3. The zero-order chi connectivity index (χ0) is 15.7. The second-order valence-electron chi connectivity index (χ2n) is 5.14. The second kappa shape index (κ2) is 6.01. The smallest absolute Gasteiger partial charge is 0.180 e. The molecule has 5 heteroatoms. The van der Waals surface area contributed by atoms with Crippen LogP contribution >= 0.6 is 15.9 Å². The summed E-state index contributed by atoms with van der Waals surface area (Å²) in [7, 11) is 1.66. The molecule has 114 valence electrons. The van der Waals surface area contributed by atoms with E-state index in [9.17, 15) is 0 Å². The van der Waals surface area contributed by atoms with Crippen LogP contribution in [0.3, 0.4) is 0 Å². The first-order valence-electron chi connectivity index (χ1n) is 6.99. The minimum Gasteiger partial charge on any atom is -0.497 e. The average Bonchev–Trinajstić information content (AvgIpc) is 2.81. The topological polar surface area (TPSA) is 35.8 Å². The maximum Gasteiger partial charge on any atom is 0.180 e. The van der Waals surface area contributed by atoms with Crippen LogP contribution in [-0.4, -0.2) is 16.5 Å². The van der Waals surface area contributed by atoms with Gasteiger partial charge >= 0.3 is 0 Å². The summed E-state index contributed by atoms with van der Waals surface area (Å²) in [5, 5.41) is 0. The molecule has 0 aliphatic carbocycles. The molecule has 0 aliphatic rings. The van der Waals surface area contributed by atoms with Gasteiger partial charge in [-0.1, -0.05) is 12.1 Å². The third-order valence-electron chi connectivity index (χ3n) is 3.68. The lowest BCUT2D eigenvalue weighted by atomic mass is 10.2. The van der Waals surface area contributed by atoms with Crippen LogP contribution in [0.25, 0.3) is 5.65 Å². The molecule has 0 aliphatic heterocycles. The van der Waals surface area contributed by atoms with E-state index < -0.39 is 0 Å². The largest absolute Gasteiger partial charge is 0.497 e. The molecule has 0 saturated carbocycles. The van der Waals surface area contributed by atoms with Crippen LogP contribution in [0.5, 0.6) is 11.5 Å². The van der Waals surface area contributed by atoms with E-state index >= 15 is 0 Å². The van der Waals surface area contributed by atoms with Crippen molar-refractivity contribution in [3.8, 4) is 11.5 Å². The molecule has 3 aromatic rings. The first kappa shape index (κ1) is 14.9. The Morgan fingerprint density at radius 2 is 1.91 bits per heavy atom. The lowest BCUT2D eigenvalue weighted by Gasteiger charge is -2.09. The number of halogens is 1. The van der Waals surface area contributed by atoms with Crippen LogP contribution in [0.4, 0.5) is 0 Å². The van der Waals surface area contributed by atoms with Gasteiger partial charge in [0.15, 0.2) is 11.4 Å². The Hall–Kier alpha value is -2.01. The summed E-state index contributed by atoms with van der Waals surface area (Å²) < 4.78 is 14.1. The first-order chi connectivity index (χ1) is 10.6. The van der Waals surface area contributed by atoms with E-state index in [4.69, 9.17) is 9.47 Å². The predicted octanol–water partition coefficient (Wildman–Crippen LogP) is 4.30. The fourth-order valence-corrected chi connectivity index (χ4v) is 2.71. The molecule has 0 fully saturated rings. The summed E-state index contributed by atoms with van der Waals surface area (Å²) in [5.74, 6) is 1.61. The van der Waals surface area contributed by atoms with Crippen molar-refractivity contribution in [2.45, 2.75) is 20.5 Å². The number of hydrogen-bond acceptors (Lipinski definition) is 3. The summed E-state index contributed by atoms with van der Waals surface area (Å²) in [6.45, 7) is 4.54. The highest BCUT2D eigenvalue weighted by Gasteiger charge is 2.11. The first-order valence-corrected chi connectivity index (χ1v) is 7.78. The third-order valence-corrected chi connectivity index (χ3v) is 4.12. The van der Waals surface area contributed by atoms with Gasteiger partial charge < -0.3 is 9.47 Å². The summed E-state index contributed by atoms with van der Waals surface area (Å²) in [4.78, 5) is 4.59. The van der Waals surface area contributed by atoms with Crippen LogP contribution in [0.15, 0.2) is 41.0 Å². The molecule has 0 atom stereocenters. The molecule has 4 nitrogen and oxygen atoms in total. The van der Waals surface area contributed by atoms with Gasteiger partial charge in [-0.15, -0.1) is 0 Å². The zero-order valence-corrected chi connectivity index (χ0v) is 14.3. The van der Waals surface area contributed by atoms with Crippen molar-refractivity contribution < 1.29 is 9.47 Å². The van der Waals surface area contributed by atoms with E-state index in [0.29, 0.717) is 6.61 Å². The number of fused-ring (bicyclic) bond motifs is 1. The molecule has 0 bridgehead atoms. The Morgan fingerprint density at radius 3 is 2.59 bits per heavy atom. The molecule has 2 aromatic heterocycles. The van der Waals surface area contributed by atoms with Crippen molar-refractivity contribution >= 4 is 21.6 Å². The van der Waals surface area contributed by atoms with E-state index in [-0.39, 0.29) is 0 Å². The number of benzene rings is 1. The fraction of sp³-hybridized carbons (Fsp3) is 0.235. The van der Waals surface area contributed by atoms with Crippen molar-refractivity contribution in [3.63, 3.8) is 0 Å². The minimum absolute atomic E-state index is 0.487. The van der Waals surface area contributed by atoms with Gasteiger partial charge in [-0.25, -0.2) is 4.98 Å². The molecule has 2 heterocycles. The summed E-state index contributed by atoms with van der Waals surface area (Å²) >= 11 is 3.53. The Morgan fingerprint density at radius 1 is 1.18 bits per heavy atom. The molecule has 0 N–H and O–H groups in total. The molecule has 0 spiro atoms. The molecular formula is C17H17BrN2O2. The van der Waals surface area contributed by atoms with Gasteiger partial charge in [0.1, 0.15) is 12.4 Å².